The number of aromatic nitrogens is 3. The number of aryl methyl sites for hydroxylation is 1. The molecule has 1 fully saturated rings. The van der Waals surface area contributed by atoms with E-state index in [-0.39, 0.29) is 0 Å². The van der Waals surface area contributed by atoms with E-state index in [9.17, 15) is 5.11 Å². The number of benzene rings is 3. The minimum atomic E-state index is 0.294. The van der Waals surface area contributed by atoms with Crippen LogP contribution in [-0.2, 0) is 13.0 Å². The van der Waals surface area contributed by atoms with Gasteiger partial charge in [-0.3, -0.25) is 14.8 Å². The predicted octanol–water partition coefficient (Wildman–Crippen LogP) is 5.16. The fraction of sp³-hybridized carbons (Fsp3) is 0.303. The predicted molar refractivity (Wildman–Crippen MR) is 166 cm³/mol. The Bertz CT molecular complexity index is 1580. The average Bonchev–Trinajstić information content (AvgIpc) is 3.02. The van der Waals surface area contributed by atoms with Gasteiger partial charge in [0.05, 0.1) is 11.0 Å². The van der Waals surface area contributed by atoms with E-state index in [1.807, 2.05) is 36.5 Å². The Morgan fingerprint density at radius 2 is 1.54 bits per heavy atom. The van der Waals surface area contributed by atoms with Crippen LogP contribution < -0.4 is 10.6 Å². The fourth-order valence-electron chi connectivity index (χ4n) is 5.61. The molecule has 0 atom stereocenters. The van der Waals surface area contributed by atoms with Gasteiger partial charge in [-0.1, -0.05) is 48.5 Å². The van der Waals surface area contributed by atoms with Crippen LogP contribution in [0, 0.1) is 0 Å². The standard InChI is InChI=1S/C33H37N7O/c41-31-13-12-27-32(37-24-38-33(27)36-15-6-9-25-7-2-1-3-8-25)28(31)23-40-21-19-39(20-22-40)18-17-35-30-14-16-34-29-11-5-4-10-26(29)30/h1-5,7-8,10-14,16,24,41H,6,9,15,17-23H2,(H,34,35)(H,36,37,38). The first-order valence-corrected chi connectivity index (χ1v) is 14.5. The molecule has 6 rings (SSSR count). The summed E-state index contributed by atoms with van der Waals surface area (Å²) in [5.74, 6) is 1.12. The lowest BCUT2D eigenvalue weighted by Gasteiger charge is -2.35. The highest BCUT2D eigenvalue weighted by Crippen LogP contribution is 2.30. The van der Waals surface area contributed by atoms with Gasteiger partial charge in [0.2, 0.25) is 0 Å². The second-order valence-corrected chi connectivity index (χ2v) is 10.6. The molecule has 0 radical (unpaired) electrons. The molecular weight excluding hydrogens is 510 g/mol. The molecule has 0 spiro atoms. The van der Waals surface area contributed by atoms with Gasteiger partial charge in [0.15, 0.2) is 0 Å². The van der Waals surface area contributed by atoms with E-state index in [0.717, 1.165) is 97.5 Å². The van der Waals surface area contributed by atoms with Crippen molar-refractivity contribution in [3.05, 3.63) is 96.4 Å². The van der Waals surface area contributed by atoms with Crippen LogP contribution in [0.5, 0.6) is 5.75 Å². The molecule has 1 saturated heterocycles. The number of fused-ring (bicyclic) bond motifs is 2. The quantitative estimate of drug-likeness (QED) is 0.196. The van der Waals surface area contributed by atoms with Crippen molar-refractivity contribution < 1.29 is 5.11 Å². The van der Waals surface area contributed by atoms with Crippen molar-refractivity contribution in [2.75, 3.05) is 56.4 Å². The van der Waals surface area contributed by atoms with E-state index in [1.165, 1.54) is 5.56 Å². The molecule has 8 nitrogen and oxygen atoms in total. The molecule has 0 saturated carbocycles. The third-order valence-corrected chi connectivity index (χ3v) is 7.90. The third kappa shape index (κ3) is 6.56. The van der Waals surface area contributed by atoms with Crippen LogP contribution in [0.1, 0.15) is 17.5 Å². The Morgan fingerprint density at radius 3 is 2.41 bits per heavy atom. The number of anilines is 2. The highest BCUT2D eigenvalue weighted by Gasteiger charge is 2.20. The second kappa shape index (κ2) is 12.9. The van der Waals surface area contributed by atoms with Crippen molar-refractivity contribution in [2.24, 2.45) is 0 Å². The summed E-state index contributed by atoms with van der Waals surface area (Å²) in [6.45, 7) is 7.25. The number of nitrogens with zero attached hydrogens (tertiary/aromatic N) is 5. The topological polar surface area (TPSA) is 89.4 Å². The van der Waals surface area contributed by atoms with Gasteiger partial charge < -0.3 is 15.7 Å². The van der Waals surface area contributed by atoms with Crippen molar-refractivity contribution in [3.63, 3.8) is 0 Å². The summed E-state index contributed by atoms with van der Waals surface area (Å²) in [6, 6.07) is 24.5. The first kappa shape index (κ1) is 26.9. The summed E-state index contributed by atoms with van der Waals surface area (Å²) in [4.78, 5) is 18.5. The Morgan fingerprint density at radius 1 is 0.732 bits per heavy atom. The van der Waals surface area contributed by atoms with Crippen LogP contribution in [-0.4, -0.2) is 75.7 Å². The van der Waals surface area contributed by atoms with Crippen molar-refractivity contribution in [1.82, 2.24) is 24.8 Å². The summed E-state index contributed by atoms with van der Waals surface area (Å²) < 4.78 is 0. The lowest BCUT2D eigenvalue weighted by atomic mass is 10.1. The minimum absolute atomic E-state index is 0.294. The molecule has 0 unspecified atom stereocenters. The van der Waals surface area contributed by atoms with Crippen LogP contribution in [0.4, 0.5) is 11.5 Å². The lowest BCUT2D eigenvalue weighted by Crippen LogP contribution is -2.47. The van der Waals surface area contributed by atoms with Crippen LogP contribution in [0.15, 0.2) is 85.3 Å². The summed E-state index contributed by atoms with van der Waals surface area (Å²) in [5, 5.41) is 20.0. The monoisotopic (exact) mass is 547 g/mol. The Hall–Kier alpha value is -4.27. The fourth-order valence-corrected chi connectivity index (χ4v) is 5.61. The molecule has 0 bridgehead atoms. The zero-order valence-electron chi connectivity index (χ0n) is 23.3. The molecule has 3 N–H and O–H groups in total. The Labute approximate surface area is 241 Å². The zero-order valence-corrected chi connectivity index (χ0v) is 23.3. The maximum atomic E-state index is 10.8. The van der Waals surface area contributed by atoms with Gasteiger partial charge in [0, 0.05) is 80.6 Å². The number of aromatic hydroxyl groups is 1. The number of rotatable bonds is 11. The molecule has 5 aromatic rings. The molecule has 8 heteroatoms. The molecule has 0 aliphatic carbocycles. The molecule has 41 heavy (non-hydrogen) atoms. The van der Waals surface area contributed by atoms with Crippen LogP contribution in [0.25, 0.3) is 21.8 Å². The molecule has 1 aliphatic rings. The Balaban J connectivity index is 1.02. The van der Waals surface area contributed by atoms with E-state index in [2.05, 4.69) is 71.8 Å². The van der Waals surface area contributed by atoms with E-state index in [1.54, 1.807) is 12.4 Å². The van der Waals surface area contributed by atoms with Gasteiger partial charge in [-0.2, -0.15) is 0 Å². The number of pyridine rings is 1. The molecule has 3 aromatic carbocycles. The Kier molecular flexibility index (Phi) is 8.49. The third-order valence-electron chi connectivity index (χ3n) is 7.90. The van der Waals surface area contributed by atoms with Gasteiger partial charge in [-0.15, -0.1) is 0 Å². The number of hydrogen-bond donors (Lipinski definition) is 3. The molecule has 210 valence electrons. The van der Waals surface area contributed by atoms with Crippen molar-refractivity contribution in [2.45, 2.75) is 19.4 Å². The van der Waals surface area contributed by atoms with Gasteiger partial charge in [0.25, 0.3) is 0 Å². The van der Waals surface area contributed by atoms with Crippen LogP contribution in [0.2, 0.25) is 0 Å². The SMILES string of the molecule is Oc1ccc2c(NCCCc3ccccc3)ncnc2c1CN1CCN(CCNc2ccnc3ccccc23)CC1. The van der Waals surface area contributed by atoms with Crippen LogP contribution in [0.3, 0.4) is 0 Å². The second-order valence-electron chi connectivity index (χ2n) is 10.6. The summed E-state index contributed by atoms with van der Waals surface area (Å²) in [7, 11) is 0. The molecule has 1 aliphatic heterocycles. The van der Waals surface area contributed by atoms with Crippen molar-refractivity contribution in [3.8, 4) is 5.75 Å². The van der Waals surface area contributed by atoms with Crippen LogP contribution >= 0.6 is 0 Å². The number of piperazine rings is 1. The number of nitrogens with one attached hydrogen (secondary N) is 2. The normalized spacial score (nSPS) is 14.4. The maximum absolute atomic E-state index is 10.8. The molecule has 0 amide bonds. The number of phenolic OH excluding ortho intramolecular Hbond substituents is 1. The van der Waals surface area contributed by atoms with Crippen molar-refractivity contribution >= 4 is 33.3 Å². The van der Waals surface area contributed by atoms with Gasteiger partial charge >= 0.3 is 0 Å². The van der Waals surface area contributed by atoms with Gasteiger partial charge in [-0.05, 0) is 42.7 Å². The maximum Gasteiger partial charge on any atom is 0.137 e. The van der Waals surface area contributed by atoms with E-state index >= 15 is 0 Å². The van der Waals surface area contributed by atoms with Crippen molar-refractivity contribution in [1.29, 1.82) is 0 Å². The molecular formula is C33H37N7O. The smallest absolute Gasteiger partial charge is 0.137 e. The summed E-state index contributed by atoms with van der Waals surface area (Å²) in [6.07, 6.45) is 5.49. The number of para-hydroxylation sites is 1. The average molecular weight is 548 g/mol. The summed E-state index contributed by atoms with van der Waals surface area (Å²) in [5.41, 5.74) is 5.18. The highest BCUT2D eigenvalue weighted by atomic mass is 16.3. The largest absolute Gasteiger partial charge is 0.508 e. The minimum Gasteiger partial charge on any atom is -0.508 e. The zero-order chi connectivity index (χ0) is 27.9. The van der Waals surface area contributed by atoms with Gasteiger partial charge in [-0.25, -0.2) is 9.97 Å². The molecule has 3 heterocycles. The lowest BCUT2D eigenvalue weighted by molar-refractivity contribution is 0.130. The summed E-state index contributed by atoms with van der Waals surface area (Å²) >= 11 is 0. The van der Waals surface area contributed by atoms with E-state index in [0.29, 0.717) is 12.3 Å². The molecule has 2 aromatic heterocycles. The van der Waals surface area contributed by atoms with E-state index < -0.39 is 0 Å². The number of phenols is 1. The van der Waals surface area contributed by atoms with E-state index in [4.69, 9.17) is 0 Å². The first-order chi connectivity index (χ1) is 20.2. The first-order valence-electron chi connectivity index (χ1n) is 14.5. The highest BCUT2D eigenvalue weighted by molar-refractivity contribution is 5.92. The van der Waals surface area contributed by atoms with Gasteiger partial charge in [0.1, 0.15) is 17.9 Å². The number of hydrogen-bond acceptors (Lipinski definition) is 8.